The average Bonchev–Trinajstić information content (AvgIpc) is 2.77. The molecule has 1 aliphatic rings. The molecular formula is C11H9FN2O4. The standard InChI is InChI=1S/C11H9FN2O4/c12-5-3-7-11(17-2-1-16-7)9(10(5)15)6-4-8(13)14-18-6/h3-4,15H,1-2H2,(H2,13,14). The predicted octanol–water partition coefficient (Wildman–Crippen LogP) is 1.54. The van der Waals surface area contributed by atoms with Crippen LogP contribution < -0.4 is 15.2 Å². The molecule has 1 aromatic carbocycles. The lowest BCUT2D eigenvalue weighted by molar-refractivity contribution is 0.170. The van der Waals surface area contributed by atoms with Crippen molar-refractivity contribution < 1.29 is 23.5 Å². The smallest absolute Gasteiger partial charge is 0.176 e. The summed E-state index contributed by atoms with van der Waals surface area (Å²) in [4.78, 5) is 0. The van der Waals surface area contributed by atoms with Gasteiger partial charge >= 0.3 is 0 Å². The number of phenolic OH excluding ortho intramolecular Hbond substituents is 1. The molecular weight excluding hydrogens is 243 g/mol. The quantitative estimate of drug-likeness (QED) is 0.800. The van der Waals surface area contributed by atoms with Gasteiger partial charge < -0.3 is 24.8 Å². The van der Waals surface area contributed by atoms with Crippen LogP contribution in [0.3, 0.4) is 0 Å². The number of aromatic hydroxyl groups is 1. The van der Waals surface area contributed by atoms with E-state index < -0.39 is 11.6 Å². The van der Waals surface area contributed by atoms with Crippen molar-refractivity contribution in [2.75, 3.05) is 18.9 Å². The van der Waals surface area contributed by atoms with Crippen LogP contribution >= 0.6 is 0 Å². The number of aromatic nitrogens is 1. The number of rotatable bonds is 1. The van der Waals surface area contributed by atoms with Crippen molar-refractivity contribution >= 4 is 5.82 Å². The summed E-state index contributed by atoms with van der Waals surface area (Å²) in [6.45, 7) is 0.615. The first-order valence-electron chi connectivity index (χ1n) is 5.20. The van der Waals surface area contributed by atoms with E-state index in [2.05, 4.69) is 5.16 Å². The van der Waals surface area contributed by atoms with Gasteiger partial charge in [0.25, 0.3) is 0 Å². The number of halogens is 1. The molecule has 0 aliphatic carbocycles. The summed E-state index contributed by atoms with van der Waals surface area (Å²) in [5, 5.41) is 13.3. The van der Waals surface area contributed by atoms with Crippen LogP contribution in [0, 0.1) is 5.82 Å². The molecule has 0 atom stereocenters. The Bertz CT molecular complexity index is 611. The van der Waals surface area contributed by atoms with Gasteiger partial charge in [0, 0.05) is 12.1 Å². The van der Waals surface area contributed by atoms with Gasteiger partial charge in [-0.15, -0.1) is 0 Å². The zero-order chi connectivity index (χ0) is 12.7. The van der Waals surface area contributed by atoms with Crippen LogP contribution in [0.2, 0.25) is 0 Å². The van der Waals surface area contributed by atoms with Crippen molar-refractivity contribution in [3.8, 4) is 28.6 Å². The number of benzene rings is 1. The number of nitrogen functional groups attached to an aromatic ring is 1. The first-order chi connectivity index (χ1) is 8.66. The Labute approximate surface area is 101 Å². The van der Waals surface area contributed by atoms with Gasteiger partial charge in [-0.1, -0.05) is 5.16 Å². The Balaban J connectivity index is 2.26. The SMILES string of the molecule is Nc1cc(-c2c(O)c(F)cc3c2OCCO3)on1. The Kier molecular flexibility index (Phi) is 2.26. The number of nitrogens with zero attached hydrogens (tertiary/aromatic N) is 1. The topological polar surface area (TPSA) is 90.7 Å². The van der Waals surface area contributed by atoms with Gasteiger partial charge in [0.05, 0.1) is 0 Å². The maximum absolute atomic E-state index is 13.6. The molecule has 0 amide bonds. The van der Waals surface area contributed by atoms with Crippen LogP contribution in [-0.4, -0.2) is 23.5 Å². The van der Waals surface area contributed by atoms with E-state index >= 15 is 0 Å². The molecule has 18 heavy (non-hydrogen) atoms. The van der Waals surface area contributed by atoms with Crippen molar-refractivity contribution in [2.45, 2.75) is 0 Å². The van der Waals surface area contributed by atoms with Crippen molar-refractivity contribution in [1.29, 1.82) is 0 Å². The van der Waals surface area contributed by atoms with Crippen LogP contribution in [0.15, 0.2) is 16.7 Å². The maximum atomic E-state index is 13.6. The van der Waals surface area contributed by atoms with Crippen molar-refractivity contribution in [2.24, 2.45) is 0 Å². The van der Waals surface area contributed by atoms with Gasteiger partial charge in [0.1, 0.15) is 18.8 Å². The molecule has 0 radical (unpaired) electrons. The van der Waals surface area contributed by atoms with Crippen molar-refractivity contribution in [3.05, 3.63) is 17.9 Å². The van der Waals surface area contributed by atoms with Crippen LogP contribution in [0.1, 0.15) is 0 Å². The van der Waals surface area contributed by atoms with E-state index in [1.807, 2.05) is 0 Å². The van der Waals surface area contributed by atoms with Crippen LogP contribution in [0.5, 0.6) is 17.2 Å². The zero-order valence-corrected chi connectivity index (χ0v) is 9.14. The molecule has 0 spiro atoms. The number of anilines is 1. The lowest BCUT2D eigenvalue weighted by Crippen LogP contribution is -2.16. The fourth-order valence-corrected chi connectivity index (χ4v) is 1.78. The first kappa shape index (κ1) is 10.7. The first-order valence-corrected chi connectivity index (χ1v) is 5.20. The fraction of sp³-hybridized carbons (Fsp3) is 0.182. The highest BCUT2D eigenvalue weighted by Crippen LogP contribution is 2.47. The molecule has 1 aromatic heterocycles. The van der Waals surface area contributed by atoms with Gasteiger partial charge in [-0.2, -0.15) is 0 Å². The molecule has 3 rings (SSSR count). The van der Waals surface area contributed by atoms with E-state index in [0.29, 0.717) is 13.2 Å². The molecule has 1 aliphatic heterocycles. The molecule has 0 bridgehead atoms. The van der Waals surface area contributed by atoms with E-state index in [-0.39, 0.29) is 28.6 Å². The molecule has 0 fully saturated rings. The molecule has 6 nitrogen and oxygen atoms in total. The van der Waals surface area contributed by atoms with Crippen LogP contribution in [0.25, 0.3) is 11.3 Å². The number of hydrogen-bond donors (Lipinski definition) is 2. The van der Waals surface area contributed by atoms with Crippen LogP contribution in [-0.2, 0) is 0 Å². The highest BCUT2D eigenvalue weighted by atomic mass is 19.1. The molecule has 0 saturated heterocycles. The number of hydrogen-bond acceptors (Lipinski definition) is 6. The summed E-state index contributed by atoms with van der Waals surface area (Å²) >= 11 is 0. The van der Waals surface area contributed by atoms with E-state index in [0.717, 1.165) is 6.07 Å². The summed E-state index contributed by atoms with van der Waals surface area (Å²) in [7, 11) is 0. The number of nitrogens with two attached hydrogens (primary N) is 1. The van der Waals surface area contributed by atoms with E-state index in [9.17, 15) is 9.50 Å². The largest absolute Gasteiger partial charge is 0.504 e. The van der Waals surface area contributed by atoms with E-state index in [1.165, 1.54) is 6.07 Å². The summed E-state index contributed by atoms with van der Waals surface area (Å²) in [6.07, 6.45) is 0. The zero-order valence-electron chi connectivity index (χ0n) is 9.14. The van der Waals surface area contributed by atoms with Gasteiger partial charge in [-0.3, -0.25) is 0 Å². The fourth-order valence-electron chi connectivity index (χ4n) is 1.78. The highest BCUT2D eigenvalue weighted by Gasteiger charge is 2.26. The minimum Gasteiger partial charge on any atom is -0.504 e. The second kappa shape index (κ2) is 3.80. The normalized spacial score (nSPS) is 13.6. The van der Waals surface area contributed by atoms with Crippen molar-refractivity contribution in [3.63, 3.8) is 0 Å². The van der Waals surface area contributed by atoms with E-state index in [1.54, 1.807) is 0 Å². The summed E-state index contributed by atoms with van der Waals surface area (Å²) < 4.78 is 29.1. The molecule has 0 saturated carbocycles. The van der Waals surface area contributed by atoms with Gasteiger partial charge in [0.2, 0.25) is 0 Å². The Hall–Kier alpha value is -2.44. The third-order valence-electron chi connectivity index (χ3n) is 2.53. The average molecular weight is 252 g/mol. The van der Waals surface area contributed by atoms with Crippen molar-refractivity contribution in [1.82, 2.24) is 5.16 Å². The minimum absolute atomic E-state index is 0.0499. The number of ether oxygens (including phenoxy) is 2. The monoisotopic (exact) mass is 252 g/mol. The third kappa shape index (κ3) is 1.52. The molecule has 0 unspecified atom stereocenters. The summed E-state index contributed by atoms with van der Waals surface area (Å²) in [5.74, 6) is -0.747. The molecule has 3 N–H and O–H groups in total. The Morgan fingerprint density at radius 2 is 2.06 bits per heavy atom. The lowest BCUT2D eigenvalue weighted by atomic mass is 10.1. The lowest BCUT2D eigenvalue weighted by Gasteiger charge is -2.21. The molecule has 7 heteroatoms. The number of fused-ring (bicyclic) bond motifs is 1. The predicted molar refractivity (Wildman–Crippen MR) is 59.0 cm³/mol. The maximum Gasteiger partial charge on any atom is 0.176 e. The van der Waals surface area contributed by atoms with Gasteiger partial charge in [-0.25, -0.2) is 4.39 Å². The molecule has 2 heterocycles. The third-order valence-corrected chi connectivity index (χ3v) is 2.53. The highest BCUT2D eigenvalue weighted by molar-refractivity contribution is 5.77. The Morgan fingerprint density at radius 1 is 1.28 bits per heavy atom. The van der Waals surface area contributed by atoms with Gasteiger partial charge in [0.15, 0.2) is 34.6 Å². The Morgan fingerprint density at radius 3 is 2.78 bits per heavy atom. The van der Waals surface area contributed by atoms with E-state index in [4.69, 9.17) is 19.7 Å². The second-order valence-corrected chi connectivity index (χ2v) is 3.72. The van der Waals surface area contributed by atoms with Gasteiger partial charge in [-0.05, 0) is 0 Å². The van der Waals surface area contributed by atoms with Crippen LogP contribution in [0.4, 0.5) is 10.2 Å². The summed E-state index contributed by atoms with van der Waals surface area (Å²) in [5.41, 5.74) is 5.48. The summed E-state index contributed by atoms with van der Waals surface area (Å²) in [6, 6.07) is 2.43. The number of phenols is 1. The molecule has 2 aromatic rings. The minimum atomic E-state index is -0.829. The second-order valence-electron chi connectivity index (χ2n) is 3.72. The molecule has 94 valence electrons.